The van der Waals surface area contributed by atoms with Crippen LogP contribution in [-0.2, 0) is 9.59 Å². The summed E-state index contributed by atoms with van der Waals surface area (Å²) in [7, 11) is 0. The molecule has 1 aromatic heterocycles. The zero-order chi connectivity index (χ0) is 16.7. The van der Waals surface area contributed by atoms with Gasteiger partial charge in [-0.1, -0.05) is 13.3 Å². The maximum Gasteiger partial charge on any atom is 0.249 e. The highest BCUT2D eigenvalue weighted by molar-refractivity contribution is 5.94. The number of hydrogen-bond acceptors (Lipinski definition) is 4. The van der Waals surface area contributed by atoms with E-state index in [0.717, 1.165) is 12.8 Å². The van der Waals surface area contributed by atoms with Crippen molar-refractivity contribution < 1.29 is 9.59 Å². The molecule has 1 atom stereocenters. The lowest BCUT2D eigenvalue weighted by molar-refractivity contribution is -0.119. The Bertz CT molecular complexity index is 637. The van der Waals surface area contributed by atoms with E-state index in [1.54, 1.807) is 31.2 Å². The zero-order valence-corrected chi connectivity index (χ0v) is 13.3. The number of carbonyl (C=O) groups excluding carboxylic acids is 2. The molecule has 2 amide bonds. The molecule has 0 radical (unpaired) electrons. The van der Waals surface area contributed by atoms with E-state index in [1.807, 2.05) is 6.92 Å². The average Bonchev–Trinajstić information content (AvgIpc) is 3.08. The minimum Gasteiger partial charge on any atom is -0.326 e. The molecule has 0 aliphatic heterocycles. The fourth-order valence-corrected chi connectivity index (χ4v) is 1.98. The Kier molecular flexibility index (Phi) is 5.85. The third kappa shape index (κ3) is 4.91. The van der Waals surface area contributed by atoms with Crippen LogP contribution < -0.4 is 10.6 Å². The van der Waals surface area contributed by atoms with Gasteiger partial charge in [-0.05, 0) is 37.6 Å². The first kappa shape index (κ1) is 16.7. The number of benzene rings is 1. The monoisotopic (exact) mass is 315 g/mol. The van der Waals surface area contributed by atoms with Gasteiger partial charge in [0.2, 0.25) is 11.8 Å². The Hall–Kier alpha value is -2.70. The molecule has 7 nitrogen and oxygen atoms in total. The molecular weight excluding hydrogens is 294 g/mol. The summed E-state index contributed by atoms with van der Waals surface area (Å²) < 4.78 is 1.48. The summed E-state index contributed by atoms with van der Waals surface area (Å²) in [6.45, 7) is 3.79. The number of nitrogens with one attached hydrogen (secondary N) is 2. The molecule has 1 heterocycles. The highest BCUT2D eigenvalue weighted by atomic mass is 16.2. The van der Waals surface area contributed by atoms with E-state index in [4.69, 9.17) is 0 Å². The molecule has 0 aliphatic rings. The van der Waals surface area contributed by atoms with Crippen LogP contribution in [0, 0.1) is 0 Å². The van der Waals surface area contributed by atoms with Crippen molar-refractivity contribution in [3.8, 4) is 0 Å². The van der Waals surface area contributed by atoms with Gasteiger partial charge in [-0.2, -0.15) is 5.10 Å². The van der Waals surface area contributed by atoms with Crippen LogP contribution in [-0.4, -0.2) is 26.6 Å². The molecule has 2 aromatic rings. The van der Waals surface area contributed by atoms with Crippen molar-refractivity contribution in [3.05, 3.63) is 36.9 Å². The fourth-order valence-electron chi connectivity index (χ4n) is 1.98. The summed E-state index contributed by atoms with van der Waals surface area (Å²) in [5, 5.41) is 9.58. The van der Waals surface area contributed by atoms with Gasteiger partial charge in [0.25, 0.3) is 0 Å². The van der Waals surface area contributed by atoms with Gasteiger partial charge in [-0.25, -0.2) is 9.67 Å². The predicted octanol–water partition coefficient (Wildman–Crippen LogP) is 2.61. The highest BCUT2D eigenvalue weighted by Crippen LogP contribution is 2.16. The van der Waals surface area contributed by atoms with Crippen molar-refractivity contribution >= 4 is 23.2 Å². The third-order valence-corrected chi connectivity index (χ3v) is 3.41. The molecule has 122 valence electrons. The predicted molar refractivity (Wildman–Crippen MR) is 88.0 cm³/mol. The van der Waals surface area contributed by atoms with Crippen molar-refractivity contribution in [1.82, 2.24) is 14.8 Å². The lowest BCUT2D eigenvalue weighted by Gasteiger charge is -2.12. The van der Waals surface area contributed by atoms with Crippen LogP contribution in [0.25, 0.3) is 0 Å². The second-order valence-electron chi connectivity index (χ2n) is 5.27. The summed E-state index contributed by atoms with van der Waals surface area (Å²) in [4.78, 5) is 27.6. The normalized spacial score (nSPS) is 11.7. The number of hydrogen-bond donors (Lipinski definition) is 2. The lowest BCUT2D eigenvalue weighted by atomic mass is 10.2. The molecule has 2 N–H and O–H groups in total. The van der Waals surface area contributed by atoms with Crippen molar-refractivity contribution in [2.75, 3.05) is 10.6 Å². The van der Waals surface area contributed by atoms with E-state index < -0.39 is 6.04 Å². The standard InChI is InChI=1S/C16H21N5O2/c1-3-4-5-15(22)19-13-6-8-14(9-7-13)20-16(23)12(2)21-11-17-10-18-21/h6-12H,3-5H2,1-2H3,(H,19,22)(H,20,23)/t12-/m0/s1. The maximum absolute atomic E-state index is 12.1. The van der Waals surface area contributed by atoms with Gasteiger partial charge in [0.15, 0.2) is 0 Å². The van der Waals surface area contributed by atoms with E-state index in [9.17, 15) is 9.59 Å². The Morgan fingerprint density at radius 1 is 1.17 bits per heavy atom. The molecule has 0 saturated heterocycles. The summed E-state index contributed by atoms with van der Waals surface area (Å²) >= 11 is 0. The second-order valence-corrected chi connectivity index (χ2v) is 5.27. The average molecular weight is 315 g/mol. The number of amides is 2. The van der Waals surface area contributed by atoms with Crippen molar-refractivity contribution in [2.45, 2.75) is 39.2 Å². The van der Waals surface area contributed by atoms with Gasteiger partial charge >= 0.3 is 0 Å². The Balaban J connectivity index is 1.89. The maximum atomic E-state index is 12.1. The Labute approximate surface area is 135 Å². The first-order valence-electron chi connectivity index (χ1n) is 7.65. The van der Waals surface area contributed by atoms with Crippen LogP contribution in [0.4, 0.5) is 11.4 Å². The number of anilines is 2. The molecular formula is C16H21N5O2. The van der Waals surface area contributed by atoms with Crippen LogP contribution in [0.1, 0.15) is 39.2 Å². The lowest BCUT2D eigenvalue weighted by Crippen LogP contribution is -2.24. The molecule has 0 fully saturated rings. The van der Waals surface area contributed by atoms with Crippen molar-refractivity contribution in [3.63, 3.8) is 0 Å². The SMILES string of the molecule is CCCCC(=O)Nc1ccc(NC(=O)[C@H](C)n2cncn2)cc1. The number of rotatable bonds is 7. The van der Waals surface area contributed by atoms with Crippen LogP contribution >= 0.6 is 0 Å². The molecule has 0 saturated carbocycles. The van der Waals surface area contributed by atoms with Gasteiger partial charge < -0.3 is 10.6 Å². The van der Waals surface area contributed by atoms with Gasteiger partial charge in [0.05, 0.1) is 0 Å². The first-order valence-corrected chi connectivity index (χ1v) is 7.65. The molecule has 0 spiro atoms. The zero-order valence-electron chi connectivity index (χ0n) is 13.3. The smallest absolute Gasteiger partial charge is 0.249 e. The molecule has 1 aromatic carbocycles. The van der Waals surface area contributed by atoms with E-state index in [-0.39, 0.29) is 11.8 Å². The molecule has 0 unspecified atom stereocenters. The van der Waals surface area contributed by atoms with Crippen LogP contribution in [0.3, 0.4) is 0 Å². The minimum atomic E-state index is -0.453. The molecule has 7 heteroatoms. The van der Waals surface area contributed by atoms with Gasteiger partial charge in [-0.15, -0.1) is 0 Å². The van der Waals surface area contributed by atoms with Gasteiger partial charge in [-0.3, -0.25) is 9.59 Å². The number of aromatic nitrogens is 3. The van der Waals surface area contributed by atoms with Crippen LogP contribution in [0.2, 0.25) is 0 Å². The quantitative estimate of drug-likeness (QED) is 0.822. The van der Waals surface area contributed by atoms with E-state index >= 15 is 0 Å². The van der Waals surface area contributed by atoms with Crippen molar-refractivity contribution in [2.24, 2.45) is 0 Å². The topological polar surface area (TPSA) is 88.9 Å². The number of unbranched alkanes of at least 4 members (excludes halogenated alkanes) is 1. The summed E-state index contributed by atoms with van der Waals surface area (Å²) in [5.74, 6) is -0.182. The van der Waals surface area contributed by atoms with E-state index in [0.29, 0.717) is 17.8 Å². The number of carbonyl (C=O) groups is 2. The van der Waals surface area contributed by atoms with Crippen LogP contribution in [0.5, 0.6) is 0 Å². The minimum absolute atomic E-state index is 0.00319. The summed E-state index contributed by atoms with van der Waals surface area (Å²) in [6.07, 6.45) is 5.27. The molecule has 0 aliphatic carbocycles. The summed E-state index contributed by atoms with van der Waals surface area (Å²) in [6, 6.07) is 6.58. The van der Waals surface area contributed by atoms with Crippen LogP contribution in [0.15, 0.2) is 36.9 Å². The second kappa shape index (κ2) is 8.07. The van der Waals surface area contributed by atoms with Gasteiger partial charge in [0.1, 0.15) is 18.7 Å². The third-order valence-electron chi connectivity index (χ3n) is 3.41. The first-order chi connectivity index (χ1) is 11.1. The largest absolute Gasteiger partial charge is 0.326 e. The van der Waals surface area contributed by atoms with Gasteiger partial charge in [0, 0.05) is 17.8 Å². The molecule has 23 heavy (non-hydrogen) atoms. The summed E-state index contributed by atoms with van der Waals surface area (Å²) in [5.41, 5.74) is 1.38. The number of nitrogens with zero attached hydrogens (tertiary/aromatic N) is 3. The Morgan fingerprint density at radius 3 is 2.39 bits per heavy atom. The van der Waals surface area contributed by atoms with Crippen molar-refractivity contribution in [1.29, 1.82) is 0 Å². The van der Waals surface area contributed by atoms with E-state index in [2.05, 4.69) is 20.7 Å². The fraction of sp³-hybridized carbons (Fsp3) is 0.375. The highest BCUT2D eigenvalue weighted by Gasteiger charge is 2.15. The molecule has 0 bridgehead atoms. The van der Waals surface area contributed by atoms with E-state index in [1.165, 1.54) is 17.3 Å². The Morgan fingerprint density at radius 2 is 1.83 bits per heavy atom. The molecule has 2 rings (SSSR count).